The molecule has 0 amide bonds. The van der Waals surface area contributed by atoms with Crippen LogP contribution in [0.1, 0.15) is 22.3 Å². The van der Waals surface area contributed by atoms with Crippen molar-refractivity contribution >= 4 is 0 Å². The molecule has 0 aliphatic heterocycles. The highest BCUT2D eigenvalue weighted by atomic mass is 16.7. The summed E-state index contributed by atoms with van der Waals surface area (Å²) in [5.74, 6) is 0. The lowest BCUT2D eigenvalue weighted by Crippen LogP contribution is -1.97. The zero-order chi connectivity index (χ0) is 13.5. The monoisotopic (exact) mass is 256 g/mol. The summed E-state index contributed by atoms with van der Waals surface area (Å²) in [5.41, 5.74) is 5.13. The van der Waals surface area contributed by atoms with Crippen molar-refractivity contribution in [3.05, 3.63) is 70.8 Å². The maximum atomic E-state index is 5.32. The minimum Gasteiger partial charge on any atom is -0.359 e. The van der Waals surface area contributed by atoms with E-state index in [0.29, 0.717) is 13.4 Å². The summed E-state index contributed by atoms with van der Waals surface area (Å²) in [6, 6.07) is 17.2. The molecular weight excluding hydrogens is 236 g/mol. The fourth-order valence-corrected chi connectivity index (χ4v) is 1.94. The fourth-order valence-electron chi connectivity index (χ4n) is 1.94. The first-order valence-electron chi connectivity index (χ1n) is 6.48. The van der Waals surface area contributed by atoms with Crippen LogP contribution >= 0.6 is 0 Å². The minimum absolute atomic E-state index is 0.338. The molecule has 0 bridgehead atoms. The van der Waals surface area contributed by atoms with E-state index in [1.54, 1.807) is 7.11 Å². The zero-order valence-corrected chi connectivity index (χ0v) is 11.6. The first-order chi connectivity index (χ1) is 9.28. The Morgan fingerprint density at radius 3 is 1.89 bits per heavy atom. The van der Waals surface area contributed by atoms with Crippen molar-refractivity contribution in [1.82, 2.24) is 0 Å². The van der Waals surface area contributed by atoms with Gasteiger partial charge >= 0.3 is 0 Å². The highest BCUT2D eigenvalue weighted by Crippen LogP contribution is 2.12. The Balaban J connectivity index is 1.92. The molecule has 0 spiro atoms. The molecule has 2 rings (SSSR count). The van der Waals surface area contributed by atoms with Crippen LogP contribution in [-0.2, 0) is 22.5 Å². The molecule has 0 saturated heterocycles. The molecule has 0 N–H and O–H groups in total. The van der Waals surface area contributed by atoms with E-state index in [4.69, 9.17) is 9.47 Å². The second kappa shape index (κ2) is 7.07. The van der Waals surface area contributed by atoms with Crippen LogP contribution in [0.25, 0.3) is 0 Å². The van der Waals surface area contributed by atoms with Crippen LogP contribution in [0.4, 0.5) is 0 Å². The third-order valence-corrected chi connectivity index (χ3v) is 3.02. The van der Waals surface area contributed by atoms with Gasteiger partial charge in [-0.15, -0.1) is 0 Å². The van der Waals surface area contributed by atoms with Gasteiger partial charge in [-0.05, 0) is 30.0 Å². The second-order valence-electron chi connectivity index (χ2n) is 4.73. The lowest BCUT2D eigenvalue weighted by molar-refractivity contribution is -0.0390. The first-order valence-corrected chi connectivity index (χ1v) is 6.48. The van der Waals surface area contributed by atoms with Crippen LogP contribution in [0.3, 0.4) is 0 Å². The van der Waals surface area contributed by atoms with Gasteiger partial charge in [0.2, 0.25) is 0 Å². The molecule has 100 valence electrons. The quantitative estimate of drug-likeness (QED) is 0.579. The van der Waals surface area contributed by atoms with Crippen LogP contribution in [0.15, 0.2) is 48.5 Å². The van der Waals surface area contributed by atoms with E-state index in [2.05, 4.69) is 55.5 Å². The summed E-state index contributed by atoms with van der Waals surface area (Å²) in [5, 5.41) is 0. The van der Waals surface area contributed by atoms with Crippen molar-refractivity contribution in [3.63, 3.8) is 0 Å². The van der Waals surface area contributed by atoms with E-state index < -0.39 is 0 Å². The Morgan fingerprint density at radius 2 is 1.32 bits per heavy atom. The average Bonchev–Trinajstić information content (AvgIpc) is 2.44. The summed E-state index contributed by atoms with van der Waals surface area (Å²) in [6.45, 7) is 3.04. The van der Waals surface area contributed by atoms with Gasteiger partial charge in [-0.25, -0.2) is 0 Å². The number of methoxy groups -OCH3 is 1. The highest BCUT2D eigenvalue weighted by molar-refractivity contribution is 5.30. The van der Waals surface area contributed by atoms with Gasteiger partial charge in [0, 0.05) is 7.11 Å². The van der Waals surface area contributed by atoms with E-state index in [1.165, 1.54) is 22.3 Å². The van der Waals surface area contributed by atoms with Gasteiger partial charge in [-0.1, -0.05) is 54.1 Å². The number of aryl methyl sites for hydroxylation is 1. The molecule has 0 saturated carbocycles. The fraction of sp³-hybridized carbons (Fsp3) is 0.294. The van der Waals surface area contributed by atoms with E-state index in [1.807, 2.05) is 0 Å². The van der Waals surface area contributed by atoms with Gasteiger partial charge in [0.05, 0.1) is 6.61 Å². The molecule has 0 fully saturated rings. The third kappa shape index (κ3) is 4.51. The lowest BCUT2D eigenvalue weighted by atomic mass is 10.0. The molecule has 2 heteroatoms. The number of benzene rings is 2. The molecule has 0 aromatic heterocycles. The number of hydrogen-bond donors (Lipinski definition) is 0. The van der Waals surface area contributed by atoms with Crippen LogP contribution in [-0.4, -0.2) is 13.9 Å². The molecular formula is C17H20O2. The van der Waals surface area contributed by atoms with Gasteiger partial charge in [0.25, 0.3) is 0 Å². The molecule has 0 atom stereocenters. The van der Waals surface area contributed by atoms with E-state index in [0.717, 1.165) is 6.42 Å². The topological polar surface area (TPSA) is 18.5 Å². The van der Waals surface area contributed by atoms with Crippen LogP contribution in [0.5, 0.6) is 0 Å². The van der Waals surface area contributed by atoms with Gasteiger partial charge in [-0.2, -0.15) is 0 Å². The normalized spacial score (nSPS) is 10.6. The zero-order valence-electron chi connectivity index (χ0n) is 11.6. The molecule has 2 nitrogen and oxygen atoms in total. The lowest BCUT2D eigenvalue weighted by Gasteiger charge is -2.06. The third-order valence-electron chi connectivity index (χ3n) is 3.02. The Morgan fingerprint density at radius 1 is 0.789 bits per heavy atom. The summed E-state index contributed by atoms with van der Waals surface area (Å²) < 4.78 is 10.2. The van der Waals surface area contributed by atoms with Crippen molar-refractivity contribution in [2.45, 2.75) is 20.0 Å². The van der Waals surface area contributed by atoms with Crippen LogP contribution in [0, 0.1) is 6.92 Å². The van der Waals surface area contributed by atoms with Crippen molar-refractivity contribution in [1.29, 1.82) is 0 Å². The first kappa shape index (κ1) is 13.8. The molecule has 19 heavy (non-hydrogen) atoms. The van der Waals surface area contributed by atoms with E-state index in [-0.39, 0.29) is 0 Å². The standard InChI is InChI=1S/C17H20O2/c1-14-3-5-15(6-4-14)11-16-7-9-17(10-8-16)12-19-13-18-2/h3-10H,11-13H2,1-2H3. The molecule has 0 aliphatic carbocycles. The predicted molar refractivity (Wildman–Crippen MR) is 77.1 cm³/mol. The number of hydrogen-bond acceptors (Lipinski definition) is 2. The number of rotatable bonds is 6. The molecule has 0 radical (unpaired) electrons. The highest BCUT2D eigenvalue weighted by Gasteiger charge is 1.98. The van der Waals surface area contributed by atoms with Crippen molar-refractivity contribution < 1.29 is 9.47 Å². The predicted octanol–water partition coefficient (Wildman–Crippen LogP) is 3.71. The SMILES string of the molecule is COCOCc1ccc(Cc2ccc(C)cc2)cc1. The van der Waals surface area contributed by atoms with Crippen molar-refractivity contribution in [2.75, 3.05) is 13.9 Å². The summed E-state index contributed by atoms with van der Waals surface area (Å²) in [6.07, 6.45) is 0.972. The maximum Gasteiger partial charge on any atom is 0.146 e. The summed E-state index contributed by atoms with van der Waals surface area (Å²) >= 11 is 0. The van der Waals surface area contributed by atoms with E-state index >= 15 is 0 Å². The number of ether oxygens (including phenoxy) is 2. The average molecular weight is 256 g/mol. The molecule has 2 aromatic rings. The summed E-state index contributed by atoms with van der Waals surface area (Å²) in [7, 11) is 1.63. The molecule has 0 aliphatic rings. The van der Waals surface area contributed by atoms with Gasteiger partial charge in [0.15, 0.2) is 0 Å². The smallest absolute Gasteiger partial charge is 0.146 e. The Bertz CT molecular complexity index is 486. The van der Waals surface area contributed by atoms with Crippen LogP contribution in [0.2, 0.25) is 0 Å². The molecule has 2 aromatic carbocycles. The van der Waals surface area contributed by atoms with E-state index in [9.17, 15) is 0 Å². The van der Waals surface area contributed by atoms with Crippen molar-refractivity contribution in [3.8, 4) is 0 Å². The second-order valence-corrected chi connectivity index (χ2v) is 4.73. The Kier molecular flexibility index (Phi) is 5.13. The molecule has 0 unspecified atom stereocenters. The maximum absolute atomic E-state index is 5.32. The Labute approximate surface area is 115 Å². The molecule has 0 heterocycles. The largest absolute Gasteiger partial charge is 0.359 e. The van der Waals surface area contributed by atoms with Crippen LogP contribution < -0.4 is 0 Å². The van der Waals surface area contributed by atoms with Crippen molar-refractivity contribution in [2.24, 2.45) is 0 Å². The van der Waals surface area contributed by atoms with Gasteiger partial charge in [0.1, 0.15) is 6.79 Å². The minimum atomic E-state index is 0.338. The summed E-state index contributed by atoms with van der Waals surface area (Å²) in [4.78, 5) is 0. The van der Waals surface area contributed by atoms with Gasteiger partial charge < -0.3 is 9.47 Å². The Hall–Kier alpha value is -1.64. The van der Waals surface area contributed by atoms with Gasteiger partial charge in [-0.3, -0.25) is 0 Å².